The van der Waals surface area contributed by atoms with Gasteiger partial charge in [-0.15, -0.1) is 0 Å². The summed E-state index contributed by atoms with van der Waals surface area (Å²) in [5.41, 5.74) is 5.64. The SMILES string of the molecule is CC1CC(Nc2ncc(N)s2)CCN1C. The highest BCUT2D eigenvalue weighted by Crippen LogP contribution is 2.24. The fourth-order valence-corrected chi connectivity index (χ4v) is 2.61. The number of thiazole rings is 1. The van der Waals surface area contributed by atoms with Gasteiger partial charge in [-0.05, 0) is 26.8 Å². The maximum atomic E-state index is 5.64. The van der Waals surface area contributed by atoms with Gasteiger partial charge in [0.25, 0.3) is 0 Å². The second-order valence-corrected chi connectivity index (χ2v) is 5.33. The molecule has 0 radical (unpaired) electrons. The Morgan fingerprint density at radius 3 is 3.07 bits per heavy atom. The second-order valence-electron chi connectivity index (χ2n) is 4.26. The summed E-state index contributed by atoms with van der Waals surface area (Å²) < 4.78 is 0. The van der Waals surface area contributed by atoms with E-state index in [1.165, 1.54) is 24.2 Å². The van der Waals surface area contributed by atoms with Gasteiger partial charge in [0.15, 0.2) is 5.13 Å². The zero-order valence-corrected chi connectivity index (χ0v) is 10.0. The van der Waals surface area contributed by atoms with Crippen molar-refractivity contribution in [3.8, 4) is 0 Å². The third-order valence-corrected chi connectivity index (χ3v) is 3.82. The van der Waals surface area contributed by atoms with Crippen LogP contribution in [0.4, 0.5) is 10.1 Å². The number of anilines is 2. The highest BCUT2D eigenvalue weighted by molar-refractivity contribution is 7.19. The van der Waals surface area contributed by atoms with E-state index in [4.69, 9.17) is 5.73 Å². The third kappa shape index (κ3) is 2.60. The number of piperidine rings is 1. The first kappa shape index (κ1) is 10.7. The first-order chi connectivity index (χ1) is 7.15. The lowest BCUT2D eigenvalue weighted by Gasteiger charge is -2.35. The highest BCUT2D eigenvalue weighted by Gasteiger charge is 2.22. The molecule has 2 heterocycles. The van der Waals surface area contributed by atoms with Crippen LogP contribution in [0.5, 0.6) is 0 Å². The van der Waals surface area contributed by atoms with Gasteiger partial charge >= 0.3 is 0 Å². The van der Waals surface area contributed by atoms with Crippen LogP contribution in [0.15, 0.2) is 6.20 Å². The number of hydrogen-bond donors (Lipinski definition) is 2. The molecule has 0 saturated carbocycles. The monoisotopic (exact) mass is 226 g/mol. The smallest absolute Gasteiger partial charge is 0.184 e. The molecule has 2 unspecified atom stereocenters. The first-order valence-corrected chi connectivity index (χ1v) is 6.15. The Bertz CT molecular complexity index is 325. The quantitative estimate of drug-likeness (QED) is 0.804. The molecule has 1 aliphatic heterocycles. The van der Waals surface area contributed by atoms with Crippen molar-refractivity contribution in [1.29, 1.82) is 0 Å². The number of nitrogens with zero attached hydrogens (tertiary/aromatic N) is 2. The van der Waals surface area contributed by atoms with Gasteiger partial charge in [-0.1, -0.05) is 11.3 Å². The first-order valence-electron chi connectivity index (χ1n) is 5.33. The summed E-state index contributed by atoms with van der Waals surface area (Å²) in [6, 6.07) is 1.19. The number of nitrogen functional groups attached to an aromatic ring is 1. The average molecular weight is 226 g/mol. The van der Waals surface area contributed by atoms with Crippen molar-refractivity contribution < 1.29 is 0 Å². The minimum atomic E-state index is 0.543. The van der Waals surface area contributed by atoms with Crippen LogP contribution in [-0.2, 0) is 0 Å². The van der Waals surface area contributed by atoms with Crippen molar-refractivity contribution >= 4 is 21.5 Å². The van der Waals surface area contributed by atoms with Crippen molar-refractivity contribution in [1.82, 2.24) is 9.88 Å². The molecule has 4 nitrogen and oxygen atoms in total. The normalized spacial score (nSPS) is 27.9. The lowest BCUT2D eigenvalue weighted by atomic mass is 9.99. The van der Waals surface area contributed by atoms with E-state index in [1.54, 1.807) is 6.20 Å². The van der Waals surface area contributed by atoms with Crippen LogP contribution in [0.25, 0.3) is 0 Å². The summed E-state index contributed by atoms with van der Waals surface area (Å²) in [7, 11) is 2.18. The van der Waals surface area contributed by atoms with Crippen LogP contribution in [0.1, 0.15) is 19.8 Å². The van der Waals surface area contributed by atoms with Crippen molar-refractivity contribution in [2.75, 3.05) is 24.6 Å². The molecular weight excluding hydrogens is 208 g/mol. The van der Waals surface area contributed by atoms with Gasteiger partial charge in [-0.25, -0.2) is 4.98 Å². The second kappa shape index (κ2) is 4.37. The molecule has 2 atom stereocenters. The largest absolute Gasteiger partial charge is 0.389 e. The Labute approximate surface area is 94.5 Å². The summed E-state index contributed by atoms with van der Waals surface area (Å²) in [4.78, 5) is 6.62. The van der Waals surface area contributed by atoms with E-state index in [9.17, 15) is 0 Å². The molecule has 0 spiro atoms. The van der Waals surface area contributed by atoms with Crippen molar-refractivity contribution in [2.24, 2.45) is 0 Å². The fourth-order valence-electron chi connectivity index (χ4n) is 1.95. The molecular formula is C10H18N4S. The molecule has 0 aliphatic carbocycles. The molecule has 2 rings (SSSR count). The Kier molecular flexibility index (Phi) is 3.11. The maximum absolute atomic E-state index is 5.64. The number of aromatic nitrogens is 1. The summed E-state index contributed by atoms with van der Waals surface area (Å²) in [5.74, 6) is 0. The van der Waals surface area contributed by atoms with Gasteiger partial charge in [-0.3, -0.25) is 0 Å². The van der Waals surface area contributed by atoms with E-state index in [1.807, 2.05) is 0 Å². The van der Waals surface area contributed by atoms with E-state index in [2.05, 4.69) is 29.2 Å². The molecule has 1 aromatic heterocycles. The number of rotatable bonds is 2. The molecule has 0 aromatic carbocycles. The lowest BCUT2D eigenvalue weighted by Crippen LogP contribution is -2.42. The van der Waals surface area contributed by atoms with Gasteiger partial charge in [-0.2, -0.15) is 0 Å². The minimum Gasteiger partial charge on any atom is -0.389 e. The van der Waals surface area contributed by atoms with Crippen molar-refractivity contribution in [3.05, 3.63) is 6.20 Å². The molecule has 5 heteroatoms. The van der Waals surface area contributed by atoms with Crippen LogP contribution in [0, 0.1) is 0 Å². The standard InChI is InChI=1S/C10H18N4S/c1-7-5-8(3-4-14(7)2)13-10-12-6-9(11)15-10/h6-8H,3-5,11H2,1-2H3,(H,12,13). The zero-order chi connectivity index (χ0) is 10.8. The van der Waals surface area contributed by atoms with Gasteiger partial charge in [0.2, 0.25) is 0 Å². The summed E-state index contributed by atoms with van der Waals surface area (Å²) >= 11 is 1.53. The van der Waals surface area contributed by atoms with Crippen LogP contribution in [0.3, 0.4) is 0 Å². The summed E-state index contributed by atoms with van der Waals surface area (Å²) in [5, 5.41) is 5.18. The fraction of sp³-hybridized carbons (Fsp3) is 0.700. The van der Waals surface area contributed by atoms with E-state index in [0.717, 1.165) is 16.7 Å². The predicted octanol–water partition coefficient (Wildman–Crippen LogP) is 1.62. The summed E-state index contributed by atoms with van der Waals surface area (Å²) in [6.45, 7) is 3.42. The molecule has 1 fully saturated rings. The number of nitrogens with two attached hydrogens (primary N) is 1. The lowest BCUT2D eigenvalue weighted by molar-refractivity contribution is 0.190. The Morgan fingerprint density at radius 2 is 2.47 bits per heavy atom. The Morgan fingerprint density at radius 1 is 1.67 bits per heavy atom. The predicted molar refractivity (Wildman–Crippen MR) is 65.3 cm³/mol. The van der Waals surface area contributed by atoms with Crippen LogP contribution >= 0.6 is 11.3 Å². The van der Waals surface area contributed by atoms with Gasteiger partial charge < -0.3 is 16.0 Å². The molecule has 1 aliphatic rings. The Hall–Kier alpha value is -0.810. The van der Waals surface area contributed by atoms with Crippen molar-refractivity contribution in [3.63, 3.8) is 0 Å². The Balaban J connectivity index is 1.90. The molecule has 15 heavy (non-hydrogen) atoms. The van der Waals surface area contributed by atoms with Crippen LogP contribution < -0.4 is 11.1 Å². The minimum absolute atomic E-state index is 0.543. The van der Waals surface area contributed by atoms with Gasteiger partial charge in [0.1, 0.15) is 5.00 Å². The number of hydrogen-bond acceptors (Lipinski definition) is 5. The molecule has 1 saturated heterocycles. The van der Waals surface area contributed by atoms with E-state index in [-0.39, 0.29) is 0 Å². The topological polar surface area (TPSA) is 54.2 Å². The number of likely N-dealkylation sites (tertiary alicyclic amines) is 1. The number of nitrogens with one attached hydrogen (secondary N) is 1. The van der Waals surface area contributed by atoms with Gasteiger partial charge in [0.05, 0.1) is 6.20 Å². The molecule has 0 amide bonds. The highest BCUT2D eigenvalue weighted by atomic mass is 32.1. The molecule has 0 bridgehead atoms. The van der Waals surface area contributed by atoms with E-state index >= 15 is 0 Å². The summed E-state index contributed by atoms with van der Waals surface area (Å²) in [6.07, 6.45) is 4.07. The van der Waals surface area contributed by atoms with Crippen molar-refractivity contribution in [2.45, 2.75) is 31.8 Å². The zero-order valence-electron chi connectivity index (χ0n) is 9.23. The van der Waals surface area contributed by atoms with E-state index in [0.29, 0.717) is 12.1 Å². The van der Waals surface area contributed by atoms with Crippen LogP contribution in [-0.4, -0.2) is 35.6 Å². The van der Waals surface area contributed by atoms with E-state index < -0.39 is 0 Å². The molecule has 84 valence electrons. The molecule has 1 aromatic rings. The average Bonchev–Trinajstić information content (AvgIpc) is 2.58. The van der Waals surface area contributed by atoms with Gasteiger partial charge in [0, 0.05) is 18.6 Å². The molecule has 3 N–H and O–H groups in total. The third-order valence-electron chi connectivity index (χ3n) is 3.06. The van der Waals surface area contributed by atoms with Crippen LogP contribution in [0.2, 0.25) is 0 Å². The maximum Gasteiger partial charge on any atom is 0.184 e.